The summed E-state index contributed by atoms with van der Waals surface area (Å²) in [7, 11) is 4.08. The van der Waals surface area contributed by atoms with E-state index in [1.807, 2.05) is 19.0 Å². The maximum Gasteiger partial charge on any atom is 0.219 e. The van der Waals surface area contributed by atoms with Gasteiger partial charge in [-0.3, -0.25) is 4.79 Å². The fourth-order valence-electron chi connectivity index (χ4n) is 4.76. The summed E-state index contributed by atoms with van der Waals surface area (Å²) in [5.41, 5.74) is 3.64. The van der Waals surface area contributed by atoms with Gasteiger partial charge >= 0.3 is 0 Å². The molecule has 168 valence electrons. The maximum absolute atomic E-state index is 12.4. The van der Waals surface area contributed by atoms with Crippen LogP contribution >= 0.6 is 0 Å². The van der Waals surface area contributed by atoms with E-state index in [4.69, 9.17) is 4.74 Å². The first-order chi connectivity index (χ1) is 14.7. The summed E-state index contributed by atoms with van der Waals surface area (Å²) >= 11 is 0. The van der Waals surface area contributed by atoms with E-state index >= 15 is 0 Å². The summed E-state index contributed by atoms with van der Waals surface area (Å²) in [5.74, 6) is 1.14. The normalized spacial score (nSPS) is 18.9. The molecule has 1 amide bonds. The van der Waals surface area contributed by atoms with Crippen molar-refractivity contribution in [3.8, 4) is 0 Å². The number of amides is 1. The van der Waals surface area contributed by atoms with Gasteiger partial charge in [0.25, 0.3) is 0 Å². The number of hydrogen-bond acceptors (Lipinski definition) is 3. The van der Waals surface area contributed by atoms with Gasteiger partial charge in [-0.15, -0.1) is 0 Å². The van der Waals surface area contributed by atoms with E-state index < -0.39 is 0 Å². The topological polar surface area (TPSA) is 32.8 Å². The molecule has 0 unspecified atom stereocenters. The summed E-state index contributed by atoms with van der Waals surface area (Å²) in [6.07, 6.45) is 3.10. The monoisotopic (exact) mass is 422 g/mol. The van der Waals surface area contributed by atoms with Gasteiger partial charge in [0.15, 0.2) is 0 Å². The first kappa shape index (κ1) is 23.3. The SMILES string of the molecule is CC(=O)N(CC[C@@H](c1ccccc1)[C@@H]1CCOC(C)(C)C1)Cc1ccc(N(C)C)cc1. The molecule has 1 aliphatic rings. The second-order valence-corrected chi connectivity index (χ2v) is 9.67. The number of carbonyl (C=O) groups excluding carboxylic acids is 1. The third kappa shape index (κ3) is 6.57. The fourth-order valence-corrected chi connectivity index (χ4v) is 4.76. The highest BCUT2D eigenvalue weighted by Gasteiger charge is 2.34. The van der Waals surface area contributed by atoms with Crippen LogP contribution in [0.3, 0.4) is 0 Å². The standard InChI is InChI=1S/C27H38N2O2/c1-21(30)29(20-22-11-13-25(14-12-22)28(4)5)17-15-26(23-9-7-6-8-10-23)24-16-18-31-27(2,3)19-24/h6-14,24,26H,15-20H2,1-5H3/t24-,26+/m1/s1. The molecule has 0 saturated carbocycles. The predicted molar refractivity (Wildman–Crippen MR) is 128 cm³/mol. The van der Waals surface area contributed by atoms with E-state index in [-0.39, 0.29) is 11.5 Å². The quantitative estimate of drug-likeness (QED) is 0.565. The molecule has 1 heterocycles. The number of rotatable bonds is 8. The average molecular weight is 423 g/mol. The molecule has 0 aromatic heterocycles. The van der Waals surface area contributed by atoms with Crippen LogP contribution in [0.1, 0.15) is 57.1 Å². The van der Waals surface area contributed by atoms with Crippen LogP contribution in [-0.4, -0.2) is 43.7 Å². The number of nitrogens with zero attached hydrogens (tertiary/aromatic N) is 2. The van der Waals surface area contributed by atoms with E-state index in [9.17, 15) is 4.79 Å². The summed E-state index contributed by atoms with van der Waals surface area (Å²) in [6, 6.07) is 19.3. The van der Waals surface area contributed by atoms with Crippen LogP contribution in [0.15, 0.2) is 54.6 Å². The van der Waals surface area contributed by atoms with Gasteiger partial charge in [0.1, 0.15) is 0 Å². The van der Waals surface area contributed by atoms with Gasteiger partial charge in [-0.1, -0.05) is 42.5 Å². The summed E-state index contributed by atoms with van der Waals surface area (Å²) < 4.78 is 5.98. The first-order valence-electron chi connectivity index (χ1n) is 11.5. The van der Waals surface area contributed by atoms with Crippen molar-refractivity contribution in [1.29, 1.82) is 0 Å². The number of benzene rings is 2. The van der Waals surface area contributed by atoms with Gasteiger partial charge in [0, 0.05) is 46.4 Å². The molecule has 0 N–H and O–H groups in total. The molecule has 2 aromatic rings. The van der Waals surface area contributed by atoms with Gasteiger partial charge < -0.3 is 14.5 Å². The lowest BCUT2D eigenvalue weighted by Gasteiger charge is -2.40. The molecule has 31 heavy (non-hydrogen) atoms. The summed E-state index contributed by atoms with van der Waals surface area (Å²) in [5, 5.41) is 0. The van der Waals surface area contributed by atoms with Crippen molar-refractivity contribution in [3.05, 3.63) is 65.7 Å². The second kappa shape index (κ2) is 10.3. The molecule has 0 bridgehead atoms. The van der Waals surface area contributed by atoms with Crippen LogP contribution in [0.4, 0.5) is 5.69 Å². The lowest BCUT2D eigenvalue weighted by atomic mass is 9.75. The maximum atomic E-state index is 12.4. The molecular weight excluding hydrogens is 384 g/mol. The smallest absolute Gasteiger partial charge is 0.219 e. The molecule has 4 heteroatoms. The van der Waals surface area contributed by atoms with Gasteiger partial charge in [-0.25, -0.2) is 0 Å². The number of carbonyl (C=O) groups is 1. The highest BCUT2D eigenvalue weighted by Crippen LogP contribution is 2.40. The van der Waals surface area contributed by atoms with Crippen LogP contribution in [0.2, 0.25) is 0 Å². The molecule has 1 fully saturated rings. The molecule has 2 atom stereocenters. The molecule has 1 saturated heterocycles. The zero-order valence-corrected chi connectivity index (χ0v) is 19.8. The van der Waals surface area contributed by atoms with Gasteiger partial charge in [-0.2, -0.15) is 0 Å². The van der Waals surface area contributed by atoms with Crippen molar-refractivity contribution in [1.82, 2.24) is 4.90 Å². The number of ether oxygens (including phenoxy) is 1. The molecule has 0 radical (unpaired) electrons. The first-order valence-corrected chi connectivity index (χ1v) is 11.5. The van der Waals surface area contributed by atoms with E-state index in [0.29, 0.717) is 18.4 Å². The van der Waals surface area contributed by atoms with Crippen LogP contribution in [0, 0.1) is 5.92 Å². The average Bonchev–Trinajstić information content (AvgIpc) is 2.73. The van der Waals surface area contributed by atoms with Crippen molar-refractivity contribution < 1.29 is 9.53 Å². The van der Waals surface area contributed by atoms with E-state index in [2.05, 4.69) is 73.3 Å². The van der Waals surface area contributed by atoms with E-state index in [1.54, 1.807) is 6.92 Å². The lowest BCUT2D eigenvalue weighted by molar-refractivity contribution is -0.129. The molecule has 4 nitrogen and oxygen atoms in total. The summed E-state index contributed by atoms with van der Waals surface area (Å²) in [6.45, 7) is 8.31. The largest absolute Gasteiger partial charge is 0.378 e. The Morgan fingerprint density at radius 1 is 1.10 bits per heavy atom. The Morgan fingerprint density at radius 3 is 2.35 bits per heavy atom. The zero-order chi connectivity index (χ0) is 22.4. The molecule has 0 spiro atoms. The Labute approximate surface area is 188 Å². The van der Waals surface area contributed by atoms with E-state index in [0.717, 1.165) is 32.4 Å². The Bertz CT molecular complexity index is 830. The Hall–Kier alpha value is -2.33. The molecule has 0 aliphatic carbocycles. The van der Waals surface area contributed by atoms with Crippen LogP contribution in [0.25, 0.3) is 0 Å². The zero-order valence-electron chi connectivity index (χ0n) is 19.8. The minimum absolute atomic E-state index is 0.0790. The van der Waals surface area contributed by atoms with E-state index in [1.165, 1.54) is 16.8 Å². The highest BCUT2D eigenvalue weighted by molar-refractivity contribution is 5.73. The van der Waals surface area contributed by atoms with Gasteiger partial charge in [-0.05, 0) is 68.2 Å². The second-order valence-electron chi connectivity index (χ2n) is 9.67. The Kier molecular flexibility index (Phi) is 7.77. The Balaban J connectivity index is 1.72. The number of hydrogen-bond donors (Lipinski definition) is 0. The van der Waals surface area contributed by atoms with Crippen LogP contribution in [-0.2, 0) is 16.1 Å². The highest BCUT2D eigenvalue weighted by atomic mass is 16.5. The third-order valence-corrected chi connectivity index (χ3v) is 6.51. The van der Waals surface area contributed by atoms with Crippen molar-refractivity contribution in [2.24, 2.45) is 5.92 Å². The van der Waals surface area contributed by atoms with Crippen molar-refractivity contribution in [2.75, 3.05) is 32.1 Å². The molecular formula is C27H38N2O2. The molecule has 2 aromatic carbocycles. The van der Waals surface area contributed by atoms with Crippen molar-refractivity contribution >= 4 is 11.6 Å². The van der Waals surface area contributed by atoms with Gasteiger partial charge in [0.05, 0.1) is 5.60 Å². The summed E-state index contributed by atoms with van der Waals surface area (Å²) in [4.78, 5) is 16.5. The lowest BCUT2D eigenvalue weighted by Crippen LogP contribution is -2.37. The Morgan fingerprint density at radius 2 is 1.77 bits per heavy atom. The van der Waals surface area contributed by atoms with Crippen molar-refractivity contribution in [3.63, 3.8) is 0 Å². The fraction of sp³-hybridized carbons (Fsp3) is 0.519. The molecule has 1 aliphatic heterocycles. The molecule has 3 rings (SSSR count). The van der Waals surface area contributed by atoms with Crippen LogP contribution in [0.5, 0.6) is 0 Å². The minimum atomic E-state index is -0.0790. The number of anilines is 1. The van der Waals surface area contributed by atoms with Gasteiger partial charge in [0.2, 0.25) is 5.91 Å². The van der Waals surface area contributed by atoms with Crippen molar-refractivity contribution in [2.45, 2.75) is 58.1 Å². The third-order valence-electron chi connectivity index (χ3n) is 6.51. The van der Waals surface area contributed by atoms with Crippen LogP contribution < -0.4 is 4.90 Å². The minimum Gasteiger partial charge on any atom is -0.378 e. The predicted octanol–water partition coefficient (Wildman–Crippen LogP) is 5.48.